The maximum atomic E-state index is 13.3. The lowest BCUT2D eigenvalue weighted by Crippen LogP contribution is -2.42. The molecule has 3 heterocycles. The molecule has 0 aliphatic carbocycles. The van der Waals surface area contributed by atoms with Gasteiger partial charge in [0.05, 0.1) is 18.2 Å². The Balaban J connectivity index is 1.62. The molecule has 2 atom stereocenters. The van der Waals surface area contributed by atoms with Gasteiger partial charge in [0.2, 0.25) is 5.91 Å². The Morgan fingerprint density at radius 3 is 2.72 bits per heavy atom. The molecular weight excluding hydrogens is 496 g/mol. The second-order valence-corrected chi connectivity index (χ2v) is 9.31. The van der Waals surface area contributed by atoms with Crippen LogP contribution >= 0.6 is 27.5 Å². The molecule has 6 nitrogen and oxygen atoms in total. The van der Waals surface area contributed by atoms with Crippen molar-refractivity contribution in [2.45, 2.75) is 44.8 Å². The van der Waals surface area contributed by atoms with Crippen molar-refractivity contribution in [3.05, 3.63) is 74.6 Å². The number of allylic oxidation sites excluding steroid dienone is 1. The zero-order chi connectivity index (χ0) is 22.7. The first kappa shape index (κ1) is 23.0. The van der Waals surface area contributed by atoms with Crippen LogP contribution in [0.3, 0.4) is 0 Å². The molecule has 0 radical (unpaired) electrons. The molecule has 0 spiro atoms. The van der Waals surface area contributed by atoms with Crippen molar-refractivity contribution in [1.82, 2.24) is 9.88 Å². The molecule has 8 heteroatoms. The molecule has 168 valence electrons. The van der Waals surface area contributed by atoms with Gasteiger partial charge in [-0.2, -0.15) is 0 Å². The van der Waals surface area contributed by atoms with Crippen molar-refractivity contribution in [3.8, 4) is 0 Å². The first-order chi connectivity index (χ1) is 15.4. The highest BCUT2D eigenvalue weighted by atomic mass is 79.9. The zero-order valence-electron chi connectivity index (χ0n) is 17.7. The molecule has 0 bridgehead atoms. The Morgan fingerprint density at radius 2 is 2.06 bits per heavy atom. The molecule has 2 aliphatic rings. The Morgan fingerprint density at radius 1 is 1.28 bits per heavy atom. The van der Waals surface area contributed by atoms with E-state index in [1.54, 1.807) is 30.2 Å². The highest BCUT2D eigenvalue weighted by Gasteiger charge is 2.38. The fraction of sp³-hybridized carbons (Fsp3) is 0.375. The number of nitrogens with zero attached hydrogens (tertiary/aromatic N) is 2. The Hall–Kier alpha value is -2.22. The molecule has 1 aromatic heterocycles. The van der Waals surface area contributed by atoms with E-state index in [-0.39, 0.29) is 25.0 Å². The fourth-order valence-electron chi connectivity index (χ4n) is 4.18. The molecule has 2 aromatic rings. The standard InChI is InChI=1S/C24H24BrClN2O4/c1-15-23(24(30)32-14-16-4-7-18(25)8-5-16)20(17-6-9-21(26)27-12-17)11-22(29)28(15)13-19-3-2-10-31-19/h4-9,12,19-20H,2-3,10-11,13-14H2,1H3. The number of esters is 1. The molecule has 32 heavy (non-hydrogen) atoms. The number of hydrogen-bond acceptors (Lipinski definition) is 5. The lowest BCUT2D eigenvalue weighted by atomic mass is 9.84. The van der Waals surface area contributed by atoms with Crippen LogP contribution in [0.4, 0.5) is 0 Å². The Kier molecular flexibility index (Phi) is 7.28. The zero-order valence-corrected chi connectivity index (χ0v) is 20.1. The Labute approximate surface area is 200 Å². The van der Waals surface area contributed by atoms with Crippen LogP contribution in [0, 0.1) is 0 Å². The van der Waals surface area contributed by atoms with Crippen LogP contribution in [0.5, 0.6) is 0 Å². The smallest absolute Gasteiger partial charge is 0.336 e. The van der Waals surface area contributed by atoms with Gasteiger partial charge in [-0.1, -0.05) is 45.7 Å². The largest absolute Gasteiger partial charge is 0.457 e. The third kappa shape index (κ3) is 5.22. The van der Waals surface area contributed by atoms with Gasteiger partial charge in [0, 0.05) is 35.3 Å². The van der Waals surface area contributed by atoms with Gasteiger partial charge in [-0.15, -0.1) is 0 Å². The van der Waals surface area contributed by atoms with Gasteiger partial charge in [-0.05, 0) is 49.1 Å². The minimum Gasteiger partial charge on any atom is -0.457 e. The van der Waals surface area contributed by atoms with E-state index in [4.69, 9.17) is 21.1 Å². The van der Waals surface area contributed by atoms with Crippen LogP contribution in [0.2, 0.25) is 5.15 Å². The lowest BCUT2D eigenvalue weighted by Gasteiger charge is -2.35. The number of halogens is 2. The predicted molar refractivity (Wildman–Crippen MR) is 124 cm³/mol. The maximum absolute atomic E-state index is 13.3. The van der Waals surface area contributed by atoms with Crippen LogP contribution in [-0.2, 0) is 25.7 Å². The van der Waals surface area contributed by atoms with Crippen LogP contribution in [-0.4, -0.2) is 41.0 Å². The number of aromatic nitrogens is 1. The van der Waals surface area contributed by atoms with Crippen molar-refractivity contribution in [2.75, 3.05) is 13.2 Å². The summed E-state index contributed by atoms with van der Waals surface area (Å²) in [4.78, 5) is 32.2. The first-order valence-electron chi connectivity index (χ1n) is 10.6. The number of amides is 1. The SMILES string of the molecule is CC1=C(C(=O)OCc2ccc(Br)cc2)C(c2ccc(Cl)nc2)CC(=O)N1CC1CCCO1. The number of pyridine rings is 1. The van der Waals surface area contributed by atoms with Gasteiger partial charge in [-0.3, -0.25) is 4.79 Å². The molecule has 1 saturated heterocycles. The number of rotatable bonds is 6. The predicted octanol–water partition coefficient (Wildman–Crippen LogP) is 5.01. The monoisotopic (exact) mass is 518 g/mol. The maximum Gasteiger partial charge on any atom is 0.336 e. The summed E-state index contributed by atoms with van der Waals surface area (Å²) in [5.74, 6) is -0.914. The molecule has 4 rings (SSSR count). The molecule has 0 N–H and O–H groups in total. The van der Waals surface area contributed by atoms with E-state index in [0.717, 1.165) is 28.4 Å². The summed E-state index contributed by atoms with van der Waals surface area (Å²) in [6, 6.07) is 11.1. The van der Waals surface area contributed by atoms with Crippen molar-refractivity contribution in [1.29, 1.82) is 0 Å². The first-order valence-corrected chi connectivity index (χ1v) is 11.7. The molecule has 1 fully saturated rings. The van der Waals surface area contributed by atoms with Crippen molar-refractivity contribution < 1.29 is 19.1 Å². The average Bonchev–Trinajstić information content (AvgIpc) is 3.29. The highest BCUT2D eigenvalue weighted by molar-refractivity contribution is 9.10. The van der Waals surface area contributed by atoms with E-state index in [9.17, 15) is 9.59 Å². The van der Waals surface area contributed by atoms with Crippen molar-refractivity contribution in [3.63, 3.8) is 0 Å². The number of carbonyl (C=O) groups is 2. The van der Waals surface area contributed by atoms with Gasteiger partial charge >= 0.3 is 5.97 Å². The van der Waals surface area contributed by atoms with Crippen molar-refractivity contribution in [2.24, 2.45) is 0 Å². The normalized spacial score (nSPS) is 21.2. The van der Waals surface area contributed by atoms with E-state index < -0.39 is 11.9 Å². The number of carbonyl (C=O) groups excluding carboxylic acids is 2. The summed E-state index contributed by atoms with van der Waals surface area (Å²) < 4.78 is 12.4. The van der Waals surface area contributed by atoms with Crippen LogP contribution in [0.15, 0.2) is 58.3 Å². The third-order valence-corrected chi connectivity index (χ3v) is 6.64. The molecule has 1 aromatic carbocycles. The topological polar surface area (TPSA) is 68.7 Å². The molecule has 2 aliphatic heterocycles. The van der Waals surface area contributed by atoms with Crippen LogP contribution in [0.25, 0.3) is 0 Å². The summed E-state index contributed by atoms with van der Waals surface area (Å²) >= 11 is 9.35. The summed E-state index contributed by atoms with van der Waals surface area (Å²) in [5, 5.41) is 0.357. The van der Waals surface area contributed by atoms with E-state index in [1.807, 2.05) is 24.3 Å². The number of hydrogen-bond donors (Lipinski definition) is 0. The summed E-state index contributed by atoms with van der Waals surface area (Å²) in [5.41, 5.74) is 2.73. The molecule has 1 amide bonds. The molecule has 2 unspecified atom stereocenters. The summed E-state index contributed by atoms with van der Waals surface area (Å²) in [6.45, 7) is 3.10. The summed E-state index contributed by atoms with van der Waals surface area (Å²) in [7, 11) is 0. The van der Waals surface area contributed by atoms with E-state index in [0.29, 0.717) is 29.6 Å². The van der Waals surface area contributed by atoms with Crippen molar-refractivity contribution >= 4 is 39.4 Å². The van der Waals surface area contributed by atoms with E-state index in [1.165, 1.54) is 0 Å². The summed E-state index contributed by atoms with van der Waals surface area (Å²) in [6.07, 6.45) is 3.66. The van der Waals surface area contributed by atoms with Gasteiger partial charge in [0.15, 0.2) is 0 Å². The van der Waals surface area contributed by atoms with Gasteiger partial charge < -0.3 is 14.4 Å². The third-order valence-electron chi connectivity index (χ3n) is 5.89. The average molecular weight is 520 g/mol. The van der Waals surface area contributed by atoms with Gasteiger partial charge in [0.25, 0.3) is 0 Å². The Bertz CT molecular complexity index is 1020. The lowest BCUT2D eigenvalue weighted by molar-refractivity contribution is -0.141. The van der Waals surface area contributed by atoms with Crippen LogP contribution < -0.4 is 0 Å². The van der Waals surface area contributed by atoms with E-state index >= 15 is 0 Å². The number of ether oxygens (including phenoxy) is 2. The minimum atomic E-state index is -0.439. The van der Waals surface area contributed by atoms with Crippen LogP contribution in [0.1, 0.15) is 43.2 Å². The quantitative estimate of drug-likeness (QED) is 0.396. The number of benzene rings is 1. The fourth-order valence-corrected chi connectivity index (χ4v) is 4.55. The van der Waals surface area contributed by atoms with Gasteiger partial charge in [-0.25, -0.2) is 9.78 Å². The second kappa shape index (κ2) is 10.1. The second-order valence-electron chi connectivity index (χ2n) is 8.01. The molecule has 0 saturated carbocycles. The highest BCUT2D eigenvalue weighted by Crippen LogP contribution is 2.37. The van der Waals surface area contributed by atoms with Gasteiger partial charge in [0.1, 0.15) is 11.8 Å². The van der Waals surface area contributed by atoms with E-state index in [2.05, 4.69) is 20.9 Å². The minimum absolute atomic E-state index is 0.0114. The molecular formula is C24H24BrClN2O4.